The molecule has 1 saturated heterocycles. The van der Waals surface area contributed by atoms with Crippen LogP contribution in [0.1, 0.15) is 29.3 Å². The average Bonchev–Trinajstić information content (AvgIpc) is 3.38. The van der Waals surface area contributed by atoms with E-state index in [0.29, 0.717) is 36.4 Å². The normalized spacial score (nSPS) is 21.0. The molecule has 2 atom stereocenters. The number of rotatable bonds is 3. The number of nitrogens with one attached hydrogen (secondary N) is 1. The molecule has 1 fully saturated rings. The SMILES string of the molecule is CC1Cc2cc(NC(=O)c3cnn4cccnc34)c(N3CCC(F)C3)cc2O1. The summed E-state index contributed by atoms with van der Waals surface area (Å²) in [5, 5.41) is 7.16. The van der Waals surface area contributed by atoms with Crippen LogP contribution in [0.15, 0.2) is 36.8 Å². The number of alkyl halides is 1. The molecule has 1 amide bonds. The van der Waals surface area contributed by atoms with Crippen molar-refractivity contribution in [3.63, 3.8) is 0 Å². The number of anilines is 2. The molecule has 28 heavy (non-hydrogen) atoms. The molecule has 1 aromatic carbocycles. The zero-order chi connectivity index (χ0) is 19.3. The number of halogens is 1. The number of hydrogen-bond acceptors (Lipinski definition) is 5. The highest BCUT2D eigenvalue weighted by molar-refractivity contribution is 6.09. The average molecular weight is 381 g/mol. The van der Waals surface area contributed by atoms with Crippen molar-refractivity contribution in [3.8, 4) is 5.75 Å². The molecule has 2 unspecified atom stereocenters. The lowest BCUT2D eigenvalue weighted by Gasteiger charge is -2.22. The van der Waals surface area contributed by atoms with Crippen LogP contribution in [-0.4, -0.2) is 45.9 Å². The fourth-order valence-corrected chi connectivity index (χ4v) is 3.93. The minimum atomic E-state index is -0.861. The number of carbonyl (C=O) groups excluding carboxylic acids is 1. The van der Waals surface area contributed by atoms with Crippen LogP contribution in [0.25, 0.3) is 5.65 Å². The van der Waals surface area contributed by atoms with Gasteiger partial charge in [-0.2, -0.15) is 5.10 Å². The van der Waals surface area contributed by atoms with Gasteiger partial charge < -0.3 is 15.0 Å². The quantitative estimate of drug-likeness (QED) is 0.755. The fourth-order valence-electron chi connectivity index (χ4n) is 3.93. The van der Waals surface area contributed by atoms with Crippen molar-refractivity contribution >= 4 is 22.9 Å². The van der Waals surface area contributed by atoms with Gasteiger partial charge in [-0.05, 0) is 25.5 Å². The molecule has 2 aromatic heterocycles. The number of benzene rings is 1. The van der Waals surface area contributed by atoms with Gasteiger partial charge in [0.05, 0.1) is 17.6 Å². The van der Waals surface area contributed by atoms with Crippen molar-refractivity contribution in [3.05, 3.63) is 47.9 Å². The van der Waals surface area contributed by atoms with Crippen molar-refractivity contribution in [2.24, 2.45) is 0 Å². The smallest absolute Gasteiger partial charge is 0.261 e. The minimum Gasteiger partial charge on any atom is -0.490 e. The van der Waals surface area contributed by atoms with Crippen molar-refractivity contribution in [2.45, 2.75) is 32.0 Å². The Bertz CT molecular complexity index is 1070. The van der Waals surface area contributed by atoms with Gasteiger partial charge in [0, 0.05) is 43.5 Å². The molecule has 8 heteroatoms. The summed E-state index contributed by atoms with van der Waals surface area (Å²) in [6.45, 7) is 2.93. The van der Waals surface area contributed by atoms with E-state index in [1.165, 1.54) is 6.20 Å². The van der Waals surface area contributed by atoms with Crippen LogP contribution >= 0.6 is 0 Å². The molecule has 0 saturated carbocycles. The maximum atomic E-state index is 13.8. The number of aromatic nitrogens is 3. The Morgan fingerprint density at radius 3 is 3.11 bits per heavy atom. The van der Waals surface area contributed by atoms with Crippen molar-refractivity contribution < 1.29 is 13.9 Å². The largest absolute Gasteiger partial charge is 0.490 e. The molecule has 1 N–H and O–H groups in total. The summed E-state index contributed by atoms with van der Waals surface area (Å²) in [6.07, 6.45) is 5.36. The molecule has 5 rings (SSSR count). The summed E-state index contributed by atoms with van der Waals surface area (Å²) in [7, 11) is 0. The molecule has 2 aliphatic rings. The summed E-state index contributed by atoms with van der Waals surface area (Å²) in [4.78, 5) is 19.2. The van der Waals surface area contributed by atoms with E-state index in [1.54, 1.807) is 23.0 Å². The second-order valence-corrected chi connectivity index (χ2v) is 7.34. The highest BCUT2D eigenvalue weighted by atomic mass is 19.1. The van der Waals surface area contributed by atoms with Crippen molar-refractivity contribution in [1.29, 1.82) is 0 Å². The van der Waals surface area contributed by atoms with E-state index in [2.05, 4.69) is 15.4 Å². The van der Waals surface area contributed by atoms with Crippen LogP contribution < -0.4 is 15.0 Å². The summed E-state index contributed by atoms with van der Waals surface area (Å²) in [6, 6.07) is 5.61. The molecular weight excluding hydrogens is 361 g/mol. The summed E-state index contributed by atoms with van der Waals surface area (Å²) in [5.74, 6) is 0.512. The van der Waals surface area contributed by atoms with E-state index in [9.17, 15) is 9.18 Å². The maximum absolute atomic E-state index is 13.8. The fraction of sp³-hybridized carbons (Fsp3) is 0.350. The number of carbonyl (C=O) groups is 1. The number of nitrogens with zero attached hydrogens (tertiary/aromatic N) is 4. The van der Waals surface area contributed by atoms with Crippen LogP contribution in [0.4, 0.5) is 15.8 Å². The minimum absolute atomic E-state index is 0.0881. The van der Waals surface area contributed by atoms with Gasteiger partial charge in [0.25, 0.3) is 5.91 Å². The molecular formula is C20H20FN5O2. The van der Waals surface area contributed by atoms with Gasteiger partial charge in [-0.3, -0.25) is 4.79 Å². The summed E-state index contributed by atoms with van der Waals surface area (Å²) in [5.41, 5.74) is 3.36. The van der Waals surface area contributed by atoms with Gasteiger partial charge in [0.2, 0.25) is 0 Å². The van der Waals surface area contributed by atoms with Crippen molar-refractivity contribution in [1.82, 2.24) is 14.6 Å². The summed E-state index contributed by atoms with van der Waals surface area (Å²) < 4.78 is 21.2. The molecule has 144 valence electrons. The lowest BCUT2D eigenvalue weighted by molar-refractivity contribution is 0.102. The number of amides is 1. The molecule has 0 bridgehead atoms. The Labute approximate surface area is 161 Å². The van der Waals surface area contributed by atoms with Gasteiger partial charge >= 0.3 is 0 Å². The first-order chi connectivity index (χ1) is 13.6. The first-order valence-electron chi connectivity index (χ1n) is 9.41. The van der Waals surface area contributed by atoms with Crippen LogP contribution in [0.2, 0.25) is 0 Å². The lowest BCUT2D eigenvalue weighted by Crippen LogP contribution is -2.23. The molecule has 4 heterocycles. The van der Waals surface area contributed by atoms with E-state index >= 15 is 0 Å². The second-order valence-electron chi connectivity index (χ2n) is 7.34. The molecule has 2 aliphatic heterocycles. The Morgan fingerprint density at radius 2 is 2.29 bits per heavy atom. The van der Waals surface area contributed by atoms with Crippen LogP contribution in [0.3, 0.4) is 0 Å². The van der Waals surface area contributed by atoms with E-state index < -0.39 is 6.17 Å². The Balaban J connectivity index is 1.51. The number of hydrogen-bond donors (Lipinski definition) is 1. The Kier molecular flexibility index (Phi) is 3.92. The predicted molar refractivity (Wildman–Crippen MR) is 103 cm³/mol. The van der Waals surface area contributed by atoms with Crippen molar-refractivity contribution in [2.75, 3.05) is 23.3 Å². The second kappa shape index (κ2) is 6.47. The topological polar surface area (TPSA) is 71.8 Å². The zero-order valence-corrected chi connectivity index (χ0v) is 15.4. The van der Waals surface area contributed by atoms with E-state index in [4.69, 9.17) is 4.74 Å². The van der Waals surface area contributed by atoms with Gasteiger partial charge in [-0.15, -0.1) is 0 Å². The highest BCUT2D eigenvalue weighted by Crippen LogP contribution is 2.40. The van der Waals surface area contributed by atoms with E-state index in [1.807, 2.05) is 24.0 Å². The lowest BCUT2D eigenvalue weighted by atomic mass is 10.1. The summed E-state index contributed by atoms with van der Waals surface area (Å²) >= 11 is 0. The highest BCUT2D eigenvalue weighted by Gasteiger charge is 2.28. The first-order valence-corrected chi connectivity index (χ1v) is 9.41. The van der Waals surface area contributed by atoms with E-state index in [0.717, 1.165) is 23.4 Å². The third-order valence-electron chi connectivity index (χ3n) is 5.26. The Morgan fingerprint density at radius 1 is 1.39 bits per heavy atom. The first kappa shape index (κ1) is 17.0. The van der Waals surface area contributed by atoms with Crippen LogP contribution in [0, 0.1) is 0 Å². The molecule has 7 nitrogen and oxygen atoms in total. The number of ether oxygens (including phenoxy) is 1. The third kappa shape index (κ3) is 2.85. The molecule has 0 spiro atoms. The predicted octanol–water partition coefficient (Wildman–Crippen LogP) is 2.85. The van der Waals surface area contributed by atoms with Gasteiger partial charge in [0.1, 0.15) is 23.6 Å². The van der Waals surface area contributed by atoms with Gasteiger partial charge in [0.15, 0.2) is 5.65 Å². The van der Waals surface area contributed by atoms with Crippen LogP contribution in [-0.2, 0) is 6.42 Å². The van der Waals surface area contributed by atoms with Gasteiger partial charge in [-0.25, -0.2) is 13.9 Å². The maximum Gasteiger partial charge on any atom is 0.261 e. The van der Waals surface area contributed by atoms with Crippen LogP contribution in [0.5, 0.6) is 5.75 Å². The Hall–Kier alpha value is -3.16. The molecule has 0 radical (unpaired) electrons. The molecule has 3 aromatic rings. The molecule has 0 aliphatic carbocycles. The monoisotopic (exact) mass is 381 g/mol. The van der Waals surface area contributed by atoms with E-state index in [-0.39, 0.29) is 12.0 Å². The third-order valence-corrected chi connectivity index (χ3v) is 5.26. The number of fused-ring (bicyclic) bond motifs is 2. The van der Waals surface area contributed by atoms with Gasteiger partial charge in [-0.1, -0.05) is 0 Å². The standard InChI is InChI=1S/C20H20FN5O2/c1-12-7-13-8-16(17(9-18(13)28-12)25-6-3-14(21)11-25)24-20(27)15-10-23-26-5-2-4-22-19(15)26/h2,4-5,8-10,12,14H,3,6-7,11H2,1H3,(H,24,27). The zero-order valence-electron chi connectivity index (χ0n) is 15.4.